The highest BCUT2D eigenvalue weighted by Crippen LogP contribution is 2.33. The molecule has 0 bridgehead atoms. The van der Waals surface area contributed by atoms with Crippen LogP contribution in [0.1, 0.15) is 30.1 Å². The number of anilines is 2. The van der Waals surface area contributed by atoms with E-state index in [0.717, 1.165) is 48.8 Å². The summed E-state index contributed by atoms with van der Waals surface area (Å²) in [4.78, 5) is 18.9. The summed E-state index contributed by atoms with van der Waals surface area (Å²) in [7, 11) is 0. The van der Waals surface area contributed by atoms with Crippen LogP contribution in [0.15, 0.2) is 36.7 Å². The van der Waals surface area contributed by atoms with Gasteiger partial charge in [0.25, 0.3) is 5.91 Å². The molecule has 3 heterocycles. The fourth-order valence-corrected chi connectivity index (χ4v) is 3.31. The van der Waals surface area contributed by atoms with E-state index in [1.54, 1.807) is 12.4 Å². The van der Waals surface area contributed by atoms with Gasteiger partial charge in [-0.05, 0) is 37.0 Å². The number of hydrogen-bond donors (Lipinski definition) is 1. The topological polar surface area (TPSA) is 63.7 Å². The number of piperidine rings is 1. The molecule has 2 aromatic rings. The van der Waals surface area contributed by atoms with Crippen molar-refractivity contribution in [1.82, 2.24) is 9.88 Å². The average Bonchev–Trinajstić information content (AvgIpc) is 2.68. The molecule has 1 saturated heterocycles. The van der Waals surface area contributed by atoms with Gasteiger partial charge in [-0.1, -0.05) is 6.92 Å². The molecule has 1 amide bonds. The monoisotopic (exact) mass is 353 g/mol. The Hall–Kier alpha value is -2.76. The molecule has 0 unspecified atom stereocenters. The van der Waals surface area contributed by atoms with Gasteiger partial charge in [0.1, 0.15) is 13.2 Å². The first-order valence-corrected chi connectivity index (χ1v) is 9.10. The number of fused-ring (bicyclic) bond motifs is 1. The van der Waals surface area contributed by atoms with Crippen molar-refractivity contribution in [1.29, 1.82) is 0 Å². The molecular weight excluding hydrogens is 330 g/mol. The smallest absolute Gasteiger partial charge is 0.255 e. The Kier molecular flexibility index (Phi) is 4.65. The van der Waals surface area contributed by atoms with Gasteiger partial charge in [-0.2, -0.15) is 0 Å². The minimum atomic E-state index is 0.0511. The minimum Gasteiger partial charge on any atom is -0.486 e. The highest BCUT2D eigenvalue weighted by Gasteiger charge is 2.22. The molecule has 136 valence electrons. The molecule has 6 nitrogen and oxygen atoms in total. The zero-order chi connectivity index (χ0) is 17.9. The largest absolute Gasteiger partial charge is 0.486 e. The average molecular weight is 353 g/mol. The summed E-state index contributed by atoms with van der Waals surface area (Å²) in [6.07, 6.45) is 5.48. The maximum absolute atomic E-state index is 12.7. The van der Waals surface area contributed by atoms with Crippen LogP contribution in [-0.2, 0) is 0 Å². The lowest BCUT2D eigenvalue weighted by Crippen LogP contribution is -2.37. The molecular formula is C20H23N3O3. The van der Waals surface area contributed by atoms with E-state index in [4.69, 9.17) is 9.47 Å². The van der Waals surface area contributed by atoms with Crippen molar-refractivity contribution in [2.75, 3.05) is 31.6 Å². The maximum Gasteiger partial charge on any atom is 0.255 e. The Bertz CT molecular complexity index is 801. The van der Waals surface area contributed by atoms with Crippen LogP contribution in [-0.4, -0.2) is 42.1 Å². The maximum atomic E-state index is 12.7. The van der Waals surface area contributed by atoms with Gasteiger partial charge < -0.3 is 19.7 Å². The van der Waals surface area contributed by atoms with Gasteiger partial charge in [0, 0.05) is 31.0 Å². The lowest BCUT2D eigenvalue weighted by Gasteiger charge is -2.30. The molecule has 0 radical (unpaired) electrons. The number of carbonyl (C=O) groups is 1. The molecule has 6 heteroatoms. The molecule has 0 aliphatic carbocycles. The summed E-state index contributed by atoms with van der Waals surface area (Å²) in [6.45, 7) is 5.00. The van der Waals surface area contributed by atoms with Crippen LogP contribution in [0.5, 0.6) is 11.5 Å². The number of ether oxygens (including phenoxy) is 2. The van der Waals surface area contributed by atoms with Crippen molar-refractivity contribution in [3.8, 4) is 11.5 Å². The Labute approximate surface area is 153 Å². The van der Waals surface area contributed by atoms with Crippen molar-refractivity contribution in [2.45, 2.75) is 19.8 Å². The van der Waals surface area contributed by atoms with Gasteiger partial charge >= 0.3 is 0 Å². The fourth-order valence-electron chi connectivity index (χ4n) is 3.31. The van der Waals surface area contributed by atoms with Gasteiger partial charge in [0.2, 0.25) is 0 Å². The van der Waals surface area contributed by atoms with Gasteiger partial charge in [0.15, 0.2) is 11.5 Å². The molecule has 0 spiro atoms. The Morgan fingerprint density at radius 3 is 2.65 bits per heavy atom. The van der Waals surface area contributed by atoms with E-state index in [9.17, 15) is 4.79 Å². The second-order valence-corrected chi connectivity index (χ2v) is 6.92. The summed E-state index contributed by atoms with van der Waals surface area (Å²) < 4.78 is 11.1. The molecule has 26 heavy (non-hydrogen) atoms. The van der Waals surface area contributed by atoms with E-state index >= 15 is 0 Å². The van der Waals surface area contributed by atoms with Crippen LogP contribution < -0.4 is 14.8 Å². The number of rotatable bonds is 3. The Balaban J connectivity index is 1.48. The molecule has 1 aromatic carbocycles. The number of pyridine rings is 1. The van der Waals surface area contributed by atoms with Gasteiger partial charge in [-0.25, -0.2) is 0 Å². The number of hydrogen-bond acceptors (Lipinski definition) is 5. The number of nitrogens with zero attached hydrogens (tertiary/aromatic N) is 2. The first-order chi connectivity index (χ1) is 12.7. The van der Waals surface area contributed by atoms with Crippen molar-refractivity contribution in [3.63, 3.8) is 0 Å². The van der Waals surface area contributed by atoms with E-state index in [0.29, 0.717) is 24.7 Å². The van der Waals surface area contributed by atoms with Gasteiger partial charge in [0.05, 0.1) is 17.4 Å². The molecule has 4 rings (SSSR count). The second kappa shape index (κ2) is 7.23. The number of amides is 1. The lowest BCUT2D eigenvalue weighted by molar-refractivity contribution is 0.0697. The predicted molar refractivity (Wildman–Crippen MR) is 99.3 cm³/mol. The molecule has 2 aliphatic rings. The SMILES string of the molecule is CC1CCN(C(=O)c2cncc(Nc3ccc4c(c3)OCCO4)c2)CC1. The van der Waals surface area contributed by atoms with E-state index in [1.165, 1.54) is 0 Å². The van der Waals surface area contributed by atoms with Crippen LogP contribution in [0, 0.1) is 5.92 Å². The molecule has 2 aliphatic heterocycles. The molecule has 0 atom stereocenters. The van der Waals surface area contributed by atoms with E-state index < -0.39 is 0 Å². The zero-order valence-electron chi connectivity index (χ0n) is 14.9. The number of carbonyl (C=O) groups excluding carboxylic acids is 1. The quantitative estimate of drug-likeness (QED) is 0.915. The standard InChI is InChI=1S/C20H23N3O3/c1-14-4-6-23(7-5-14)20(24)15-10-17(13-21-12-15)22-16-2-3-18-19(11-16)26-9-8-25-18/h2-3,10-14,22H,4-9H2,1H3. The molecule has 0 saturated carbocycles. The van der Waals surface area contributed by atoms with Crippen LogP contribution in [0.25, 0.3) is 0 Å². The van der Waals surface area contributed by atoms with Crippen LogP contribution in [0.3, 0.4) is 0 Å². The number of benzene rings is 1. The lowest BCUT2D eigenvalue weighted by atomic mass is 9.99. The summed E-state index contributed by atoms with van der Waals surface area (Å²) in [5.41, 5.74) is 2.26. The summed E-state index contributed by atoms with van der Waals surface area (Å²) >= 11 is 0. The fraction of sp³-hybridized carbons (Fsp3) is 0.400. The first-order valence-electron chi connectivity index (χ1n) is 9.10. The zero-order valence-corrected chi connectivity index (χ0v) is 14.9. The number of likely N-dealkylation sites (tertiary alicyclic amines) is 1. The van der Waals surface area contributed by atoms with Crippen LogP contribution in [0.2, 0.25) is 0 Å². The van der Waals surface area contributed by atoms with E-state index in [-0.39, 0.29) is 5.91 Å². The van der Waals surface area contributed by atoms with E-state index in [2.05, 4.69) is 17.2 Å². The normalized spacial score (nSPS) is 17.0. The molecule has 1 aromatic heterocycles. The third-order valence-corrected chi connectivity index (χ3v) is 4.89. The van der Waals surface area contributed by atoms with Crippen LogP contribution >= 0.6 is 0 Å². The third-order valence-electron chi connectivity index (χ3n) is 4.89. The first kappa shape index (κ1) is 16.7. The minimum absolute atomic E-state index is 0.0511. The second-order valence-electron chi connectivity index (χ2n) is 6.92. The van der Waals surface area contributed by atoms with Gasteiger partial charge in [-0.15, -0.1) is 0 Å². The van der Waals surface area contributed by atoms with Gasteiger partial charge in [-0.3, -0.25) is 9.78 Å². The highest BCUT2D eigenvalue weighted by molar-refractivity contribution is 5.95. The van der Waals surface area contributed by atoms with E-state index in [1.807, 2.05) is 29.2 Å². The Morgan fingerprint density at radius 2 is 1.85 bits per heavy atom. The van der Waals surface area contributed by atoms with Crippen molar-refractivity contribution in [2.24, 2.45) is 5.92 Å². The molecule has 1 N–H and O–H groups in total. The van der Waals surface area contributed by atoms with Crippen LogP contribution in [0.4, 0.5) is 11.4 Å². The predicted octanol–water partition coefficient (Wildman–Crippen LogP) is 3.47. The van der Waals surface area contributed by atoms with Crippen molar-refractivity contribution >= 4 is 17.3 Å². The highest BCUT2D eigenvalue weighted by atomic mass is 16.6. The Morgan fingerprint density at radius 1 is 1.08 bits per heavy atom. The number of aromatic nitrogens is 1. The van der Waals surface area contributed by atoms with Crippen molar-refractivity contribution in [3.05, 3.63) is 42.2 Å². The summed E-state index contributed by atoms with van der Waals surface area (Å²) in [5.74, 6) is 2.22. The summed E-state index contributed by atoms with van der Waals surface area (Å²) in [5, 5.41) is 3.29. The third kappa shape index (κ3) is 3.59. The summed E-state index contributed by atoms with van der Waals surface area (Å²) in [6, 6.07) is 7.56. The molecule has 1 fully saturated rings. The number of nitrogens with one attached hydrogen (secondary N) is 1. The van der Waals surface area contributed by atoms with Crippen molar-refractivity contribution < 1.29 is 14.3 Å².